The van der Waals surface area contributed by atoms with Crippen molar-refractivity contribution in [2.45, 2.75) is 71.9 Å². The molecule has 0 spiro atoms. The van der Waals surface area contributed by atoms with Crippen LogP contribution < -0.4 is 5.32 Å². The fourth-order valence-electron chi connectivity index (χ4n) is 3.34. The second-order valence-electron chi connectivity index (χ2n) is 7.25. The van der Waals surface area contributed by atoms with E-state index in [4.69, 9.17) is 0 Å². The zero-order chi connectivity index (χ0) is 13.8. The van der Waals surface area contributed by atoms with Crippen molar-refractivity contribution in [2.75, 3.05) is 20.6 Å². The molecule has 2 heteroatoms. The Kier molecular flexibility index (Phi) is 6.13. The Bertz CT molecular complexity index is 235. The molecule has 3 atom stereocenters. The van der Waals surface area contributed by atoms with E-state index in [1.54, 1.807) is 0 Å². The molecule has 18 heavy (non-hydrogen) atoms. The van der Waals surface area contributed by atoms with Crippen LogP contribution in [0.1, 0.15) is 59.8 Å². The van der Waals surface area contributed by atoms with Gasteiger partial charge in [0.25, 0.3) is 0 Å². The highest BCUT2D eigenvalue weighted by Crippen LogP contribution is 2.29. The van der Waals surface area contributed by atoms with Crippen molar-refractivity contribution in [3.05, 3.63) is 0 Å². The van der Waals surface area contributed by atoms with Gasteiger partial charge in [-0.2, -0.15) is 0 Å². The van der Waals surface area contributed by atoms with Crippen molar-refractivity contribution in [2.24, 2.45) is 11.3 Å². The molecule has 1 rings (SSSR count). The van der Waals surface area contributed by atoms with Gasteiger partial charge in [0.2, 0.25) is 0 Å². The Morgan fingerprint density at radius 1 is 1.28 bits per heavy atom. The first-order valence-electron chi connectivity index (χ1n) is 7.76. The molecule has 1 N–H and O–H groups in total. The van der Waals surface area contributed by atoms with Gasteiger partial charge < -0.3 is 10.2 Å². The topological polar surface area (TPSA) is 15.3 Å². The summed E-state index contributed by atoms with van der Waals surface area (Å²) in [7, 11) is 4.34. The quantitative estimate of drug-likeness (QED) is 0.780. The van der Waals surface area contributed by atoms with Crippen LogP contribution in [-0.2, 0) is 0 Å². The van der Waals surface area contributed by atoms with Crippen molar-refractivity contribution in [1.29, 1.82) is 0 Å². The van der Waals surface area contributed by atoms with Crippen LogP contribution in [0.3, 0.4) is 0 Å². The predicted octanol–water partition coefficient (Wildman–Crippen LogP) is 3.52. The van der Waals surface area contributed by atoms with E-state index in [-0.39, 0.29) is 0 Å². The molecule has 108 valence electrons. The van der Waals surface area contributed by atoms with Gasteiger partial charge in [-0.05, 0) is 45.2 Å². The van der Waals surface area contributed by atoms with Crippen molar-refractivity contribution in [3.8, 4) is 0 Å². The van der Waals surface area contributed by atoms with E-state index in [1.807, 2.05) is 0 Å². The Balaban J connectivity index is 2.45. The highest BCUT2D eigenvalue weighted by Gasteiger charge is 2.29. The number of hydrogen-bond donors (Lipinski definition) is 1. The minimum Gasteiger partial charge on any atom is -0.311 e. The van der Waals surface area contributed by atoms with Gasteiger partial charge in [0.15, 0.2) is 0 Å². The molecule has 1 aliphatic rings. The third-order valence-electron chi connectivity index (χ3n) is 4.74. The number of rotatable bonds is 6. The van der Waals surface area contributed by atoms with E-state index in [1.165, 1.54) is 32.1 Å². The second-order valence-corrected chi connectivity index (χ2v) is 7.25. The Morgan fingerprint density at radius 2 is 1.94 bits per heavy atom. The summed E-state index contributed by atoms with van der Waals surface area (Å²) < 4.78 is 0. The summed E-state index contributed by atoms with van der Waals surface area (Å²) in [4.78, 5) is 2.30. The summed E-state index contributed by atoms with van der Waals surface area (Å²) >= 11 is 0. The standard InChI is InChI=1S/C16H34N2/c1-7-14-9-8-10-15(11-14)17-13(2)16(3,4)12-18(5)6/h13-15,17H,7-12H2,1-6H3/t13-,14+,15-/m0/s1. The first-order chi connectivity index (χ1) is 8.35. The molecule has 2 nitrogen and oxygen atoms in total. The average Bonchev–Trinajstić information content (AvgIpc) is 2.27. The first-order valence-corrected chi connectivity index (χ1v) is 7.76. The Labute approximate surface area is 115 Å². The minimum atomic E-state index is 0.336. The molecule has 0 heterocycles. The Morgan fingerprint density at radius 3 is 2.50 bits per heavy atom. The van der Waals surface area contributed by atoms with Crippen LogP contribution in [0.4, 0.5) is 0 Å². The minimum absolute atomic E-state index is 0.336. The SMILES string of the molecule is CC[C@@H]1CCC[C@H](N[C@@H](C)C(C)(C)CN(C)C)C1. The maximum Gasteiger partial charge on any atom is 0.0105 e. The highest BCUT2D eigenvalue weighted by molar-refractivity contribution is 4.87. The Hall–Kier alpha value is -0.0800. The summed E-state index contributed by atoms with van der Waals surface area (Å²) in [5.41, 5.74) is 0.336. The molecule has 0 bridgehead atoms. The molecule has 0 aromatic heterocycles. The lowest BCUT2D eigenvalue weighted by molar-refractivity contribution is 0.157. The maximum atomic E-state index is 3.90. The summed E-state index contributed by atoms with van der Waals surface area (Å²) in [6.45, 7) is 10.6. The normalized spacial score (nSPS) is 27.5. The molecule has 1 fully saturated rings. The van der Waals surface area contributed by atoms with E-state index in [0.717, 1.165) is 18.5 Å². The van der Waals surface area contributed by atoms with Gasteiger partial charge in [-0.25, -0.2) is 0 Å². The van der Waals surface area contributed by atoms with Crippen LogP contribution in [0.5, 0.6) is 0 Å². The van der Waals surface area contributed by atoms with Gasteiger partial charge in [0, 0.05) is 18.6 Å². The van der Waals surface area contributed by atoms with Gasteiger partial charge in [0.05, 0.1) is 0 Å². The van der Waals surface area contributed by atoms with Gasteiger partial charge in [-0.3, -0.25) is 0 Å². The fraction of sp³-hybridized carbons (Fsp3) is 1.00. The zero-order valence-electron chi connectivity index (χ0n) is 13.4. The van der Waals surface area contributed by atoms with E-state index in [0.29, 0.717) is 11.5 Å². The van der Waals surface area contributed by atoms with Crippen LogP contribution in [0.25, 0.3) is 0 Å². The van der Waals surface area contributed by atoms with Crippen molar-refractivity contribution in [1.82, 2.24) is 10.2 Å². The van der Waals surface area contributed by atoms with E-state index >= 15 is 0 Å². The summed E-state index contributed by atoms with van der Waals surface area (Å²) in [6, 6.07) is 1.33. The van der Waals surface area contributed by atoms with E-state index < -0.39 is 0 Å². The lowest BCUT2D eigenvalue weighted by Gasteiger charge is -2.39. The van der Waals surface area contributed by atoms with Crippen LogP contribution in [-0.4, -0.2) is 37.6 Å². The van der Waals surface area contributed by atoms with Crippen molar-refractivity contribution >= 4 is 0 Å². The van der Waals surface area contributed by atoms with Gasteiger partial charge in [-0.15, -0.1) is 0 Å². The van der Waals surface area contributed by atoms with Gasteiger partial charge >= 0.3 is 0 Å². The molecule has 0 radical (unpaired) electrons. The van der Waals surface area contributed by atoms with Crippen LogP contribution in [0.15, 0.2) is 0 Å². The maximum absolute atomic E-state index is 3.90. The highest BCUT2D eigenvalue weighted by atomic mass is 15.1. The number of hydrogen-bond acceptors (Lipinski definition) is 2. The molecule has 0 saturated heterocycles. The first kappa shape index (κ1) is 16.0. The molecule has 1 aliphatic carbocycles. The monoisotopic (exact) mass is 254 g/mol. The molecular formula is C16H34N2. The molecular weight excluding hydrogens is 220 g/mol. The van der Waals surface area contributed by atoms with Gasteiger partial charge in [-0.1, -0.05) is 40.0 Å². The van der Waals surface area contributed by atoms with E-state index in [9.17, 15) is 0 Å². The number of nitrogens with zero attached hydrogens (tertiary/aromatic N) is 1. The van der Waals surface area contributed by atoms with Crippen LogP contribution in [0.2, 0.25) is 0 Å². The third kappa shape index (κ3) is 4.89. The van der Waals surface area contributed by atoms with Crippen molar-refractivity contribution in [3.63, 3.8) is 0 Å². The largest absolute Gasteiger partial charge is 0.311 e. The average molecular weight is 254 g/mol. The smallest absolute Gasteiger partial charge is 0.0105 e. The summed E-state index contributed by atoms with van der Waals surface area (Å²) in [6.07, 6.45) is 6.98. The molecule has 0 aliphatic heterocycles. The molecule has 0 aromatic rings. The molecule has 0 unspecified atom stereocenters. The zero-order valence-corrected chi connectivity index (χ0v) is 13.4. The van der Waals surface area contributed by atoms with Crippen LogP contribution in [0, 0.1) is 11.3 Å². The van der Waals surface area contributed by atoms with Crippen molar-refractivity contribution < 1.29 is 0 Å². The predicted molar refractivity (Wildman–Crippen MR) is 81.0 cm³/mol. The van der Waals surface area contributed by atoms with Gasteiger partial charge in [0.1, 0.15) is 0 Å². The fourth-order valence-corrected chi connectivity index (χ4v) is 3.34. The van der Waals surface area contributed by atoms with Crippen LogP contribution >= 0.6 is 0 Å². The lowest BCUT2D eigenvalue weighted by Crippen LogP contribution is -2.50. The molecule has 0 amide bonds. The third-order valence-corrected chi connectivity index (χ3v) is 4.74. The molecule has 1 saturated carbocycles. The van der Waals surface area contributed by atoms with E-state index in [2.05, 4.69) is 52.0 Å². The molecule has 0 aromatic carbocycles. The summed E-state index contributed by atoms with van der Waals surface area (Å²) in [5, 5.41) is 3.90. The number of nitrogens with one attached hydrogen (secondary N) is 1. The summed E-state index contributed by atoms with van der Waals surface area (Å²) in [5.74, 6) is 0.959. The lowest BCUT2D eigenvalue weighted by atomic mass is 9.81. The second kappa shape index (κ2) is 6.91.